The van der Waals surface area contributed by atoms with Gasteiger partial charge in [-0.05, 0) is 26.9 Å². The van der Waals surface area contributed by atoms with Crippen LogP contribution in [0, 0.1) is 0 Å². The van der Waals surface area contributed by atoms with Gasteiger partial charge in [-0.25, -0.2) is 0 Å². The van der Waals surface area contributed by atoms with Gasteiger partial charge in [0, 0.05) is 12.5 Å². The molecule has 2 nitrogen and oxygen atoms in total. The van der Waals surface area contributed by atoms with Crippen molar-refractivity contribution in [3.05, 3.63) is 0 Å². The normalized spacial score (nSPS) is 13.5. The molecule has 0 heterocycles. The molecule has 2 heteroatoms. The van der Waals surface area contributed by atoms with Crippen molar-refractivity contribution >= 4 is 5.78 Å². The lowest BCUT2D eigenvalue weighted by Crippen LogP contribution is -2.33. The summed E-state index contributed by atoms with van der Waals surface area (Å²) >= 11 is 0. The average Bonchev–Trinajstić information content (AvgIpc) is 1.88. The molecule has 0 bridgehead atoms. The van der Waals surface area contributed by atoms with E-state index >= 15 is 0 Å². The molecular formula is C9H19NO. The molecule has 0 spiro atoms. The lowest BCUT2D eigenvalue weighted by molar-refractivity contribution is -0.118. The topological polar surface area (TPSA) is 20.3 Å². The number of rotatable bonds is 5. The molecule has 0 aliphatic heterocycles. The zero-order valence-electron chi connectivity index (χ0n) is 8.05. The van der Waals surface area contributed by atoms with Gasteiger partial charge in [-0.2, -0.15) is 0 Å². The van der Waals surface area contributed by atoms with Crippen molar-refractivity contribution in [3.8, 4) is 0 Å². The average molecular weight is 157 g/mol. The fraction of sp³-hybridized carbons (Fsp3) is 0.889. The summed E-state index contributed by atoms with van der Waals surface area (Å²) in [4.78, 5) is 13.1. The Morgan fingerprint density at radius 2 is 1.82 bits per heavy atom. The highest BCUT2D eigenvalue weighted by atomic mass is 16.1. The summed E-state index contributed by atoms with van der Waals surface area (Å²) < 4.78 is 0. The Bertz CT molecular complexity index is 119. The van der Waals surface area contributed by atoms with E-state index in [1.807, 2.05) is 0 Å². The second-order valence-electron chi connectivity index (χ2n) is 2.98. The summed E-state index contributed by atoms with van der Waals surface area (Å²) in [6.07, 6.45) is 0.682. The van der Waals surface area contributed by atoms with E-state index in [9.17, 15) is 4.79 Å². The smallest absolute Gasteiger partial charge is 0.131 e. The van der Waals surface area contributed by atoms with Gasteiger partial charge in [0.25, 0.3) is 0 Å². The minimum Gasteiger partial charge on any atom is -0.301 e. The molecule has 0 aromatic carbocycles. The maximum Gasteiger partial charge on any atom is 0.131 e. The molecule has 0 saturated carbocycles. The summed E-state index contributed by atoms with van der Waals surface area (Å²) in [6, 6.07) is 0.405. The van der Waals surface area contributed by atoms with E-state index in [2.05, 4.69) is 25.7 Å². The van der Waals surface area contributed by atoms with Crippen molar-refractivity contribution < 1.29 is 4.79 Å². The van der Waals surface area contributed by atoms with Gasteiger partial charge in [0.1, 0.15) is 5.78 Å². The monoisotopic (exact) mass is 157 g/mol. The Labute approximate surface area is 69.6 Å². The van der Waals surface area contributed by atoms with E-state index in [-0.39, 0.29) is 5.78 Å². The van der Waals surface area contributed by atoms with Crippen LogP contribution >= 0.6 is 0 Å². The van der Waals surface area contributed by atoms with Crippen molar-refractivity contribution in [3.63, 3.8) is 0 Å². The van der Waals surface area contributed by atoms with Gasteiger partial charge >= 0.3 is 0 Å². The van der Waals surface area contributed by atoms with E-state index < -0.39 is 0 Å². The van der Waals surface area contributed by atoms with Crippen molar-refractivity contribution in [2.75, 3.05) is 13.1 Å². The van der Waals surface area contributed by atoms with Crippen molar-refractivity contribution in [2.24, 2.45) is 0 Å². The van der Waals surface area contributed by atoms with E-state index in [1.54, 1.807) is 6.92 Å². The van der Waals surface area contributed by atoms with Crippen LogP contribution in [0.3, 0.4) is 0 Å². The lowest BCUT2D eigenvalue weighted by Gasteiger charge is -2.25. The molecule has 0 N–H and O–H groups in total. The third kappa shape index (κ3) is 4.14. The van der Waals surface area contributed by atoms with E-state index in [1.165, 1.54) is 0 Å². The van der Waals surface area contributed by atoms with Crippen molar-refractivity contribution in [1.29, 1.82) is 0 Å². The lowest BCUT2D eigenvalue weighted by atomic mass is 10.1. The molecular weight excluding hydrogens is 138 g/mol. The van der Waals surface area contributed by atoms with Crippen LogP contribution in [-0.4, -0.2) is 29.8 Å². The fourth-order valence-electron chi connectivity index (χ4n) is 1.39. The first kappa shape index (κ1) is 10.6. The highest BCUT2D eigenvalue weighted by Crippen LogP contribution is 2.02. The number of ketones is 1. The molecule has 0 rings (SSSR count). The molecule has 66 valence electrons. The molecule has 0 fully saturated rings. The van der Waals surface area contributed by atoms with Crippen molar-refractivity contribution in [1.82, 2.24) is 4.90 Å². The van der Waals surface area contributed by atoms with Gasteiger partial charge in [-0.3, -0.25) is 4.79 Å². The minimum atomic E-state index is 0.282. The standard InChI is InChI=1S/C9H19NO/c1-5-10(6-2)8(3)7-9(4)11/h8H,5-7H2,1-4H3. The Morgan fingerprint density at radius 1 is 1.36 bits per heavy atom. The molecule has 0 radical (unpaired) electrons. The first-order valence-corrected chi connectivity index (χ1v) is 4.35. The number of hydrogen-bond donors (Lipinski definition) is 0. The third-order valence-electron chi connectivity index (χ3n) is 2.02. The fourth-order valence-corrected chi connectivity index (χ4v) is 1.39. The summed E-state index contributed by atoms with van der Waals surface area (Å²) in [5.41, 5.74) is 0. The highest BCUT2D eigenvalue weighted by molar-refractivity contribution is 5.76. The molecule has 0 saturated heterocycles. The van der Waals surface area contributed by atoms with Crippen LogP contribution in [0.2, 0.25) is 0 Å². The summed E-state index contributed by atoms with van der Waals surface area (Å²) in [6.45, 7) is 10.1. The summed E-state index contributed by atoms with van der Waals surface area (Å²) in [7, 11) is 0. The minimum absolute atomic E-state index is 0.282. The predicted octanol–water partition coefficient (Wildman–Crippen LogP) is 1.70. The highest BCUT2D eigenvalue weighted by Gasteiger charge is 2.10. The van der Waals surface area contributed by atoms with E-state index in [0.717, 1.165) is 13.1 Å². The number of Topliss-reactive ketones (excluding diaryl/α,β-unsaturated/α-hetero) is 1. The molecule has 0 aromatic rings. The number of carbonyl (C=O) groups is 1. The molecule has 1 unspecified atom stereocenters. The van der Waals surface area contributed by atoms with Crippen LogP contribution in [-0.2, 0) is 4.79 Å². The molecule has 11 heavy (non-hydrogen) atoms. The summed E-state index contributed by atoms with van der Waals surface area (Å²) in [5, 5.41) is 0. The Morgan fingerprint density at radius 3 is 2.09 bits per heavy atom. The third-order valence-corrected chi connectivity index (χ3v) is 2.02. The first-order valence-electron chi connectivity index (χ1n) is 4.35. The number of carbonyl (C=O) groups excluding carboxylic acids is 1. The molecule has 0 aliphatic rings. The number of hydrogen-bond acceptors (Lipinski definition) is 2. The number of nitrogens with zero attached hydrogens (tertiary/aromatic N) is 1. The largest absolute Gasteiger partial charge is 0.301 e. The Kier molecular flexibility index (Phi) is 5.12. The van der Waals surface area contributed by atoms with E-state index in [0.29, 0.717) is 12.5 Å². The SMILES string of the molecule is CCN(CC)C(C)CC(C)=O. The Balaban J connectivity index is 3.78. The molecule has 0 amide bonds. The quantitative estimate of drug-likeness (QED) is 0.605. The maximum atomic E-state index is 10.8. The predicted molar refractivity (Wildman–Crippen MR) is 47.7 cm³/mol. The first-order chi connectivity index (χ1) is 5.11. The van der Waals surface area contributed by atoms with Gasteiger partial charge in [0.05, 0.1) is 0 Å². The maximum absolute atomic E-state index is 10.8. The zero-order chi connectivity index (χ0) is 8.85. The molecule has 1 atom stereocenters. The van der Waals surface area contributed by atoms with Gasteiger partial charge < -0.3 is 4.90 Å². The second kappa shape index (κ2) is 5.30. The molecule has 0 aromatic heterocycles. The van der Waals surface area contributed by atoms with E-state index in [4.69, 9.17) is 0 Å². The zero-order valence-corrected chi connectivity index (χ0v) is 8.05. The van der Waals surface area contributed by atoms with Gasteiger partial charge in [0.2, 0.25) is 0 Å². The Hall–Kier alpha value is -0.370. The van der Waals surface area contributed by atoms with Crippen LogP contribution < -0.4 is 0 Å². The van der Waals surface area contributed by atoms with Crippen molar-refractivity contribution in [2.45, 2.75) is 40.2 Å². The van der Waals surface area contributed by atoms with Crippen LogP contribution in [0.4, 0.5) is 0 Å². The van der Waals surface area contributed by atoms with Gasteiger partial charge in [-0.15, -0.1) is 0 Å². The van der Waals surface area contributed by atoms with Crippen LogP contribution in [0.5, 0.6) is 0 Å². The van der Waals surface area contributed by atoms with Gasteiger partial charge in [-0.1, -0.05) is 13.8 Å². The van der Waals surface area contributed by atoms with Crippen LogP contribution in [0.25, 0.3) is 0 Å². The van der Waals surface area contributed by atoms with Gasteiger partial charge in [0.15, 0.2) is 0 Å². The summed E-state index contributed by atoms with van der Waals surface area (Å²) in [5.74, 6) is 0.282. The van der Waals surface area contributed by atoms with Crippen LogP contribution in [0.1, 0.15) is 34.1 Å². The molecule has 0 aliphatic carbocycles. The second-order valence-corrected chi connectivity index (χ2v) is 2.98. The van der Waals surface area contributed by atoms with Crippen LogP contribution in [0.15, 0.2) is 0 Å².